The molecule has 2 rings (SSSR count). The average molecular weight is 209 g/mol. The lowest BCUT2D eigenvalue weighted by atomic mass is 9.95. The number of nitrogens with zero attached hydrogens (tertiary/aromatic N) is 1. The Morgan fingerprint density at radius 3 is 2.40 bits per heavy atom. The third-order valence-corrected chi connectivity index (χ3v) is 4.04. The third-order valence-electron chi connectivity index (χ3n) is 4.04. The van der Waals surface area contributed by atoms with Gasteiger partial charge in [-0.15, -0.1) is 0 Å². The number of likely N-dealkylation sites (tertiary alicyclic amines) is 1. The summed E-state index contributed by atoms with van der Waals surface area (Å²) in [4.78, 5) is 14.0. The lowest BCUT2D eigenvalue weighted by Gasteiger charge is -2.36. The molecule has 0 bridgehead atoms. The molecule has 86 valence electrons. The lowest BCUT2D eigenvalue weighted by Crippen LogP contribution is -2.45. The molecule has 0 aromatic carbocycles. The van der Waals surface area contributed by atoms with Crippen molar-refractivity contribution in [2.75, 3.05) is 13.1 Å². The summed E-state index contributed by atoms with van der Waals surface area (Å²) in [5, 5.41) is 0. The van der Waals surface area contributed by atoms with Gasteiger partial charge in [0.15, 0.2) is 0 Å². The number of Topliss-reactive ketones (excluding diaryl/α,β-unsaturated/α-hetero) is 1. The normalized spacial score (nSPS) is 31.5. The van der Waals surface area contributed by atoms with Crippen LogP contribution in [0.1, 0.15) is 51.9 Å². The van der Waals surface area contributed by atoms with Gasteiger partial charge in [0.1, 0.15) is 5.78 Å². The first-order valence-electron chi connectivity index (χ1n) is 6.54. The van der Waals surface area contributed by atoms with E-state index in [1.165, 1.54) is 38.5 Å². The summed E-state index contributed by atoms with van der Waals surface area (Å²) in [7, 11) is 0. The molecule has 2 aliphatic rings. The minimum Gasteiger partial charge on any atom is -0.299 e. The fraction of sp³-hybridized carbons (Fsp3) is 0.923. The highest BCUT2D eigenvalue weighted by molar-refractivity contribution is 5.81. The molecule has 1 heterocycles. The summed E-state index contributed by atoms with van der Waals surface area (Å²) in [6.07, 6.45) is 9.13. The van der Waals surface area contributed by atoms with Crippen molar-refractivity contribution in [3.05, 3.63) is 0 Å². The van der Waals surface area contributed by atoms with Crippen LogP contribution >= 0.6 is 0 Å². The Morgan fingerprint density at radius 1 is 1.13 bits per heavy atom. The number of carbonyl (C=O) groups is 1. The van der Waals surface area contributed by atoms with Gasteiger partial charge in [-0.3, -0.25) is 9.69 Å². The van der Waals surface area contributed by atoms with Gasteiger partial charge in [-0.25, -0.2) is 0 Å². The Balaban J connectivity index is 1.89. The van der Waals surface area contributed by atoms with E-state index in [1.54, 1.807) is 0 Å². The smallest absolute Gasteiger partial charge is 0.138 e. The fourth-order valence-electron chi connectivity index (χ4n) is 3.00. The first kappa shape index (κ1) is 11.1. The van der Waals surface area contributed by atoms with Crippen LogP contribution < -0.4 is 0 Å². The van der Waals surface area contributed by atoms with Gasteiger partial charge in [0.2, 0.25) is 0 Å². The maximum atomic E-state index is 11.5. The molecule has 0 N–H and O–H groups in total. The van der Waals surface area contributed by atoms with E-state index in [1.807, 2.05) is 0 Å². The minimum absolute atomic E-state index is 0.280. The Kier molecular flexibility index (Phi) is 3.79. The molecule has 0 aromatic heterocycles. The number of hydrogen-bond acceptors (Lipinski definition) is 2. The summed E-state index contributed by atoms with van der Waals surface area (Å²) < 4.78 is 0. The Labute approximate surface area is 93.0 Å². The van der Waals surface area contributed by atoms with Gasteiger partial charge in [-0.05, 0) is 12.8 Å². The third kappa shape index (κ3) is 2.81. The first-order chi connectivity index (χ1) is 7.27. The number of rotatable bonds is 1. The van der Waals surface area contributed by atoms with Crippen molar-refractivity contribution in [1.29, 1.82) is 0 Å². The maximum absolute atomic E-state index is 11.5. The van der Waals surface area contributed by atoms with Gasteiger partial charge in [0, 0.05) is 31.5 Å². The van der Waals surface area contributed by atoms with Crippen LogP contribution in [0.5, 0.6) is 0 Å². The Morgan fingerprint density at radius 2 is 1.80 bits per heavy atom. The van der Waals surface area contributed by atoms with Crippen LogP contribution in [0, 0.1) is 5.92 Å². The molecule has 2 heteroatoms. The predicted molar refractivity (Wildman–Crippen MR) is 61.9 cm³/mol. The van der Waals surface area contributed by atoms with E-state index >= 15 is 0 Å². The second-order valence-corrected chi connectivity index (χ2v) is 5.26. The maximum Gasteiger partial charge on any atom is 0.138 e. The van der Waals surface area contributed by atoms with Gasteiger partial charge in [-0.1, -0.05) is 32.6 Å². The summed E-state index contributed by atoms with van der Waals surface area (Å²) >= 11 is 0. The molecular formula is C13H23NO. The second kappa shape index (κ2) is 5.11. The van der Waals surface area contributed by atoms with Gasteiger partial charge in [0.05, 0.1) is 0 Å². The number of piperidine rings is 1. The van der Waals surface area contributed by atoms with Crippen LogP contribution in [0.4, 0.5) is 0 Å². The Hall–Kier alpha value is -0.370. The summed E-state index contributed by atoms with van der Waals surface area (Å²) in [6.45, 7) is 4.13. The molecular weight excluding hydrogens is 186 g/mol. The van der Waals surface area contributed by atoms with Crippen molar-refractivity contribution in [1.82, 2.24) is 4.90 Å². The van der Waals surface area contributed by atoms with E-state index in [2.05, 4.69) is 11.8 Å². The molecule has 15 heavy (non-hydrogen) atoms. The van der Waals surface area contributed by atoms with Crippen LogP contribution in [0.15, 0.2) is 0 Å². The highest BCUT2D eigenvalue weighted by Gasteiger charge is 2.28. The van der Waals surface area contributed by atoms with Crippen molar-refractivity contribution < 1.29 is 4.79 Å². The van der Waals surface area contributed by atoms with E-state index in [0.717, 1.165) is 25.6 Å². The van der Waals surface area contributed by atoms with Crippen molar-refractivity contribution in [2.24, 2.45) is 5.92 Å². The molecule has 1 aliphatic carbocycles. The van der Waals surface area contributed by atoms with Crippen molar-refractivity contribution in [3.63, 3.8) is 0 Å². The van der Waals surface area contributed by atoms with Crippen LogP contribution in [0.25, 0.3) is 0 Å². The molecule has 0 radical (unpaired) electrons. The topological polar surface area (TPSA) is 20.3 Å². The predicted octanol–water partition coefficient (Wildman–Crippen LogP) is 2.62. The number of hydrogen-bond donors (Lipinski definition) is 0. The van der Waals surface area contributed by atoms with Crippen LogP contribution in [0.3, 0.4) is 0 Å². The fourth-order valence-corrected chi connectivity index (χ4v) is 3.00. The van der Waals surface area contributed by atoms with Gasteiger partial charge in [0.25, 0.3) is 0 Å². The molecule has 1 saturated carbocycles. The van der Waals surface area contributed by atoms with E-state index in [-0.39, 0.29) is 5.92 Å². The molecule has 1 unspecified atom stereocenters. The second-order valence-electron chi connectivity index (χ2n) is 5.26. The highest BCUT2D eigenvalue weighted by Crippen LogP contribution is 2.25. The molecule has 2 fully saturated rings. The highest BCUT2D eigenvalue weighted by atomic mass is 16.1. The molecule has 2 nitrogen and oxygen atoms in total. The molecule has 0 amide bonds. The number of ketones is 1. The lowest BCUT2D eigenvalue weighted by molar-refractivity contribution is -0.126. The minimum atomic E-state index is 0.280. The zero-order chi connectivity index (χ0) is 10.7. The van der Waals surface area contributed by atoms with Gasteiger partial charge < -0.3 is 0 Å². The first-order valence-corrected chi connectivity index (χ1v) is 6.54. The van der Waals surface area contributed by atoms with Crippen molar-refractivity contribution in [3.8, 4) is 0 Å². The van der Waals surface area contributed by atoms with Crippen LogP contribution in [-0.4, -0.2) is 29.8 Å². The molecule has 0 aromatic rings. The largest absolute Gasteiger partial charge is 0.299 e. The quantitative estimate of drug-likeness (QED) is 0.619. The number of carbonyl (C=O) groups excluding carboxylic acids is 1. The van der Waals surface area contributed by atoms with Gasteiger partial charge in [-0.2, -0.15) is 0 Å². The zero-order valence-electron chi connectivity index (χ0n) is 9.87. The summed E-state index contributed by atoms with van der Waals surface area (Å²) in [5.74, 6) is 0.752. The average Bonchev–Trinajstić information content (AvgIpc) is 2.50. The molecule has 1 atom stereocenters. The van der Waals surface area contributed by atoms with E-state index in [0.29, 0.717) is 5.78 Å². The molecule has 0 spiro atoms. The van der Waals surface area contributed by atoms with E-state index in [4.69, 9.17) is 0 Å². The van der Waals surface area contributed by atoms with Crippen LogP contribution in [0.2, 0.25) is 0 Å². The monoisotopic (exact) mass is 209 g/mol. The Bertz CT molecular complexity index is 219. The summed E-state index contributed by atoms with van der Waals surface area (Å²) in [6, 6.07) is 0.781. The van der Waals surface area contributed by atoms with Gasteiger partial charge >= 0.3 is 0 Å². The van der Waals surface area contributed by atoms with E-state index < -0.39 is 0 Å². The van der Waals surface area contributed by atoms with Crippen molar-refractivity contribution >= 4 is 5.78 Å². The zero-order valence-corrected chi connectivity index (χ0v) is 9.87. The SMILES string of the molecule is CC1CN(C2CCCCCC2)CCC1=O. The molecule has 1 saturated heterocycles. The standard InChI is InChI=1S/C13H23NO/c1-11-10-14(9-8-13(11)15)12-6-4-2-3-5-7-12/h11-12H,2-10H2,1H3. The molecule has 1 aliphatic heterocycles. The summed E-state index contributed by atoms with van der Waals surface area (Å²) in [5.41, 5.74) is 0. The van der Waals surface area contributed by atoms with Crippen molar-refractivity contribution in [2.45, 2.75) is 57.9 Å². The van der Waals surface area contributed by atoms with E-state index in [9.17, 15) is 4.79 Å². The van der Waals surface area contributed by atoms with Crippen LogP contribution in [-0.2, 0) is 4.79 Å².